The molecule has 0 amide bonds. The van der Waals surface area contributed by atoms with E-state index >= 15 is 0 Å². The summed E-state index contributed by atoms with van der Waals surface area (Å²) < 4.78 is 6.18. The van der Waals surface area contributed by atoms with E-state index in [9.17, 15) is 0 Å². The highest BCUT2D eigenvalue weighted by Crippen LogP contribution is 2.30. The molecule has 1 aliphatic heterocycles. The Kier molecular flexibility index (Phi) is 4.12. The molecule has 0 aromatic carbocycles. The highest BCUT2D eigenvalue weighted by Gasteiger charge is 2.47. The second-order valence-corrected chi connectivity index (χ2v) is 8.88. The summed E-state index contributed by atoms with van der Waals surface area (Å²) in [5.74, 6) is 0. The lowest BCUT2D eigenvalue weighted by Crippen LogP contribution is -2.67. The summed E-state index contributed by atoms with van der Waals surface area (Å²) in [4.78, 5) is 0. The van der Waals surface area contributed by atoms with Gasteiger partial charge in [-0.2, -0.15) is 0 Å². The predicted molar refractivity (Wildman–Crippen MR) is 62.3 cm³/mol. The van der Waals surface area contributed by atoms with Crippen molar-refractivity contribution in [1.82, 2.24) is 0 Å². The number of rotatable bonds is 3. The molecule has 1 heterocycles. The molecule has 3 nitrogen and oxygen atoms in total. The first-order valence-corrected chi connectivity index (χ1v) is 7.99. The van der Waals surface area contributed by atoms with Crippen molar-refractivity contribution in [3.63, 3.8) is 0 Å². The molecule has 4 atom stereocenters. The third-order valence-electron chi connectivity index (χ3n) is 3.44. The highest BCUT2D eigenvalue weighted by atomic mass is 28.4. The third-order valence-corrected chi connectivity index (χ3v) is 8.62. The van der Waals surface area contributed by atoms with Gasteiger partial charge in [0.15, 0.2) is 0 Å². The molecule has 4 unspecified atom stereocenters. The van der Waals surface area contributed by atoms with Gasteiger partial charge in [-0.15, -0.1) is 0 Å². The Balaban J connectivity index is 2.80. The van der Waals surface area contributed by atoms with Crippen molar-refractivity contribution in [2.75, 3.05) is 0 Å². The quantitative estimate of drug-likeness (QED) is 0.699. The second-order valence-electron chi connectivity index (χ2n) is 4.58. The fourth-order valence-electron chi connectivity index (χ4n) is 2.45. The number of hydrogen-bond acceptors (Lipinski definition) is 3. The molecule has 1 aliphatic rings. The lowest BCUT2D eigenvalue weighted by Gasteiger charge is -2.44. The van der Waals surface area contributed by atoms with Crippen molar-refractivity contribution in [3.05, 3.63) is 0 Å². The largest absolute Gasteiger partial charge is 0.411 e. The van der Waals surface area contributed by atoms with Crippen LogP contribution in [0.2, 0.25) is 6.04 Å². The molecule has 4 N–H and O–H groups in total. The van der Waals surface area contributed by atoms with Crippen LogP contribution in [0.5, 0.6) is 0 Å². The maximum absolute atomic E-state index is 6.20. The fourth-order valence-corrected chi connectivity index (χ4v) is 6.77. The minimum atomic E-state index is -1.87. The Morgan fingerprint density at radius 2 is 2.14 bits per heavy atom. The van der Waals surface area contributed by atoms with Gasteiger partial charge in [0.2, 0.25) is 8.32 Å². The van der Waals surface area contributed by atoms with Crippen molar-refractivity contribution in [1.29, 1.82) is 0 Å². The predicted octanol–water partition coefficient (Wildman–Crippen LogP) is 1.29. The number of nitrogens with two attached hydrogens (primary N) is 2. The van der Waals surface area contributed by atoms with Gasteiger partial charge in [0, 0.05) is 17.4 Å². The summed E-state index contributed by atoms with van der Waals surface area (Å²) in [5, 5.41) is 0. The normalized spacial score (nSPS) is 37.9. The van der Waals surface area contributed by atoms with Gasteiger partial charge in [-0.05, 0) is 25.8 Å². The van der Waals surface area contributed by atoms with Crippen LogP contribution < -0.4 is 11.5 Å². The monoisotopic (exact) mass is 216 g/mol. The maximum atomic E-state index is 6.20. The molecule has 0 aromatic rings. The van der Waals surface area contributed by atoms with Crippen molar-refractivity contribution in [2.24, 2.45) is 11.5 Å². The molecule has 1 rings (SSSR count). The SMILES string of the molecule is CCC(N)[Si]1(C(C)N)CCCC(C)O1. The first-order valence-electron chi connectivity index (χ1n) is 5.72. The van der Waals surface area contributed by atoms with E-state index in [1.165, 1.54) is 6.42 Å². The lowest BCUT2D eigenvalue weighted by atomic mass is 10.2. The second kappa shape index (κ2) is 4.75. The van der Waals surface area contributed by atoms with Gasteiger partial charge in [-0.1, -0.05) is 20.3 Å². The Morgan fingerprint density at radius 1 is 1.50 bits per heavy atom. The molecule has 0 aliphatic carbocycles. The van der Waals surface area contributed by atoms with Crippen LogP contribution in [0.15, 0.2) is 0 Å². The van der Waals surface area contributed by atoms with E-state index in [4.69, 9.17) is 15.9 Å². The molecule has 14 heavy (non-hydrogen) atoms. The Bertz CT molecular complexity index is 189. The molecular formula is C10H24N2OSi. The molecular weight excluding hydrogens is 192 g/mol. The zero-order valence-electron chi connectivity index (χ0n) is 9.62. The maximum Gasteiger partial charge on any atom is 0.225 e. The van der Waals surface area contributed by atoms with Crippen molar-refractivity contribution in [3.8, 4) is 0 Å². The highest BCUT2D eigenvalue weighted by molar-refractivity contribution is 6.77. The van der Waals surface area contributed by atoms with Crippen LogP contribution in [-0.2, 0) is 4.43 Å². The first-order chi connectivity index (χ1) is 6.53. The molecule has 0 spiro atoms. The minimum absolute atomic E-state index is 0.153. The van der Waals surface area contributed by atoms with E-state index in [1.54, 1.807) is 0 Å². The molecule has 0 bridgehead atoms. The van der Waals surface area contributed by atoms with Crippen molar-refractivity contribution >= 4 is 8.32 Å². The van der Waals surface area contributed by atoms with E-state index in [-0.39, 0.29) is 11.3 Å². The molecule has 0 radical (unpaired) electrons. The summed E-state index contributed by atoms with van der Waals surface area (Å²) in [6, 6.07) is 1.14. The van der Waals surface area contributed by atoms with Gasteiger partial charge in [-0.25, -0.2) is 0 Å². The van der Waals surface area contributed by atoms with E-state index in [2.05, 4.69) is 20.8 Å². The standard InChI is InChI=1S/C10H24N2OSi/c1-4-10(12)14(9(3)11)7-5-6-8(2)13-14/h8-10H,4-7,11-12H2,1-3H3. The molecule has 0 aromatic heterocycles. The third kappa shape index (κ3) is 2.19. The zero-order chi connectivity index (χ0) is 10.8. The van der Waals surface area contributed by atoms with Gasteiger partial charge >= 0.3 is 0 Å². The minimum Gasteiger partial charge on any atom is -0.411 e. The average Bonchev–Trinajstić information content (AvgIpc) is 2.16. The van der Waals surface area contributed by atoms with Crippen LogP contribution >= 0.6 is 0 Å². The summed E-state index contributed by atoms with van der Waals surface area (Å²) in [7, 11) is -1.87. The average molecular weight is 216 g/mol. The van der Waals surface area contributed by atoms with Gasteiger partial charge in [-0.3, -0.25) is 0 Å². The van der Waals surface area contributed by atoms with Gasteiger partial charge in [0.1, 0.15) is 0 Å². The van der Waals surface area contributed by atoms with E-state index in [1.807, 2.05) is 0 Å². The fraction of sp³-hybridized carbons (Fsp3) is 1.00. The molecule has 0 saturated carbocycles. The summed E-state index contributed by atoms with van der Waals surface area (Å²) in [6.45, 7) is 6.34. The zero-order valence-corrected chi connectivity index (χ0v) is 10.6. The van der Waals surface area contributed by atoms with Crippen LogP contribution in [0.1, 0.15) is 40.0 Å². The summed E-state index contributed by atoms with van der Waals surface area (Å²) >= 11 is 0. The van der Waals surface area contributed by atoms with E-state index in [0.29, 0.717) is 6.10 Å². The summed E-state index contributed by atoms with van der Waals surface area (Å²) in [6.07, 6.45) is 3.75. The van der Waals surface area contributed by atoms with Crippen LogP contribution in [-0.4, -0.2) is 25.8 Å². The van der Waals surface area contributed by atoms with Gasteiger partial charge in [0.25, 0.3) is 0 Å². The topological polar surface area (TPSA) is 61.3 Å². The van der Waals surface area contributed by atoms with Crippen LogP contribution in [0.4, 0.5) is 0 Å². The lowest BCUT2D eigenvalue weighted by molar-refractivity contribution is 0.162. The first kappa shape index (κ1) is 12.2. The molecule has 1 fully saturated rings. The van der Waals surface area contributed by atoms with Crippen molar-refractivity contribution < 1.29 is 4.43 Å². The Labute approximate surface area is 88.3 Å². The molecule has 4 heteroatoms. The Morgan fingerprint density at radius 3 is 2.57 bits per heavy atom. The Hall–Kier alpha value is 0.0969. The van der Waals surface area contributed by atoms with Gasteiger partial charge < -0.3 is 15.9 Å². The molecule has 84 valence electrons. The van der Waals surface area contributed by atoms with Crippen LogP contribution in [0.3, 0.4) is 0 Å². The van der Waals surface area contributed by atoms with E-state index in [0.717, 1.165) is 18.9 Å². The number of hydrogen-bond donors (Lipinski definition) is 2. The van der Waals surface area contributed by atoms with Crippen LogP contribution in [0, 0.1) is 0 Å². The van der Waals surface area contributed by atoms with Gasteiger partial charge in [0.05, 0.1) is 0 Å². The van der Waals surface area contributed by atoms with Crippen molar-refractivity contribution in [2.45, 2.75) is 63.5 Å². The van der Waals surface area contributed by atoms with Crippen LogP contribution in [0.25, 0.3) is 0 Å². The smallest absolute Gasteiger partial charge is 0.225 e. The summed E-state index contributed by atoms with van der Waals surface area (Å²) in [5.41, 5.74) is 12.7. The van der Waals surface area contributed by atoms with E-state index < -0.39 is 8.32 Å². The molecule has 1 saturated heterocycles.